The zero-order chi connectivity index (χ0) is 14.3. The van der Waals surface area contributed by atoms with E-state index in [-0.39, 0.29) is 11.3 Å². The molecule has 2 aliphatic rings. The molecule has 2 saturated carbocycles. The Bertz CT molecular complexity index is 346. The quantitative estimate of drug-likeness (QED) is 0.793. The van der Waals surface area contributed by atoms with E-state index in [1.807, 2.05) is 0 Å². The summed E-state index contributed by atoms with van der Waals surface area (Å²) in [5, 5.41) is 3.51. The molecule has 2 aliphatic carbocycles. The van der Waals surface area contributed by atoms with Crippen LogP contribution in [-0.4, -0.2) is 42.0 Å². The van der Waals surface area contributed by atoms with Crippen molar-refractivity contribution >= 4 is 5.91 Å². The second-order valence-corrected chi connectivity index (χ2v) is 7.74. The third-order valence-electron chi connectivity index (χ3n) is 4.36. The molecule has 4 heteroatoms. The van der Waals surface area contributed by atoms with E-state index >= 15 is 0 Å². The van der Waals surface area contributed by atoms with Crippen LogP contribution < -0.4 is 11.1 Å². The van der Waals surface area contributed by atoms with E-state index in [0.29, 0.717) is 12.1 Å². The van der Waals surface area contributed by atoms with Crippen molar-refractivity contribution in [3.05, 3.63) is 0 Å². The molecule has 0 heterocycles. The van der Waals surface area contributed by atoms with Crippen LogP contribution in [-0.2, 0) is 4.79 Å². The maximum Gasteiger partial charge on any atom is 0.237 e. The number of nitrogens with zero attached hydrogens (tertiary/aromatic N) is 1. The minimum Gasteiger partial charge on any atom is -0.368 e. The lowest BCUT2D eigenvalue weighted by molar-refractivity contribution is -0.124. The SMILES string of the molecule is CN(CC(C)(C)C)C1CCC(NC2CC2)(C(N)=O)C1. The highest BCUT2D eigenvalue weighted by molar-refractivity contribution is 5.85. The van der Waals surface area contributed by atoms with Gasteiger partial charge in [-0.25, -0.2) is 0 Å². The molecule has 0 saturated heterocycles. The van der Waals surface area contributed by atoms with Crippen molar-refractivity contribution in [2.45, 2.75) is 70.5 Å². The van der Waals surface area contributed by atoms with E-state index in [0.717, 1.165) is 25.8 Å². The molecule has 0 bridgehead atoms. The van der Waals surface area contributed by atoms with Crippen molar-refractivity contribution in [3.8, 4) is 0 Å². The number of primary amides is 1. The van der Waals surface area contributed by atoms with Gasteiger partial charge in [-0.15, -0.1) is 0 Å². The molecule has 3 N–H and O–H groups in total. The summed E-state index contributed by atoms with van der Waals surface area (Å²) in [7, 11) is 2.17. The van der Waals surface area contributed by atoms with Gasteiger partial charge in [0.15, 0.2) is 0 Å². The summed E-state index contributed by atoms with van der Waals surface area (Å²) < 4.78 is 0. The van der Waals surface area contributed by atoms with Gasteiger partial charge < -0.3 is 16.0 Å². The molecule has 0 radical (unpaired) electrons. The molecule has 0 aromatic carbocycles. The van der Waals surface area contributed by atoms with Gasteiger partial charge in [0, 0.05) is 18.6 Å². The zero-order valence-corrected chi connectivity index (χ0v) is 12.8. The monoisotopic (exact) mass is 267 g/mol. The Morgan fingerprint density at radius 1 is 1.37 bits per heavy atom. The third kappa shape index (κ3) is 3.69. The molecule has 0 spiro atoms. The first kappa shape index (κ1) is 14.8. The predicted molar refractivity (Wildman–Crippen MR) is 77.8 cm³/mol. The van der Waals surface area contributed by atoms with Gasteiger partial charge >= 0.3 is 0 Å². The summed E-state index contributed by atoms with van der Waals surface area (Å²) in [4.78, 5) is 14.3. The maximum absolute atomic E-state index is 11.9. The molecule has 2 atom stereocenters. The molecule has 1 amide bonds. The van der Waals surface area contributed by atoms with Crippen molar-refractivity contribution in [1.29, 1.82) is 0 Å². The van der Waals surface area contributed by atoms with E-state index in [1.54, 1.807) is 0 Å². The normalized spacial score (nSPS) is 31.9. The van der Waals surface area contributed by atoms with Crippen LogP contribution in [0, 0.1) is 5.41 Å². The maximum atomic E-state index is 11.9. The number of amides is 1. The standard InChI is InChI=1S/C15H29N3O/c1-14(2,3)10-18(4)12-7-8-15(9-12,13(16)19)17-11-5-6-11/h11-12,17H,5-10H2,1-4H3,(H2,16,19). The van der Waals surface area contributed by atoms with E-state index in [2.05, 4.69) is 38.0 Å². The summed E-state index contributed by atoms with van der Waals surface area (Å²) in [5.41, 5.74) is 5.52. The van der Waals surface area contributed by atoms with Gasteiger partial charge in [0.2, 0.25) is 5.91 Å². The summed E-state index contributed by atoms with van der Waals surface area (Å²) >= 11 is 0. The Labute approximate surface area is 117 Å². The first-order chi connectivity index (χ1) is 8.72. The highest BCUT2D eigenvalue weighted by Crippen LogP contribution is 2.36. The number of nitrogens with two attached hydrogens (primary N) is 1. The number of hydrogen-bond acceptors (Lipinski definition) is 3. The van der Waals surface area contributed by atoms with Crippen molar-refractivity contribution in [3.63, 3.8) is 0 Å². The van der Waals surface area contributed by atoms with Crippen molar-refractivity contribution in [2.24, 2.45) is 11.1 Å². The van der Waals surface area contributed by atoms with Gasteiger partial charge in [-0.05, 0) is 44.6 Å². The number of hydrogen-bond donors (Lipinski definition) is 2. The van der Waals surface area contributed by atoms with Crippen molar-refractivity contribution < 1.29 is 4.79 Å². The minimum atomic E-state index is -0.446. The Balaban J connectivity index is 1.97. The first-order valence-corrected chi connectivity index (χ1v) is 7.50. The molecule has 4 nitrogen and oxygen atoms in total. The molecule has 0 aromatic heterocycles. The fourth-order valence-corrected chi connectivity index (χ4v) is 3.32. The second-order valence-electron chi connectivity index (χ2n) is 7.74. The molecule has 2 unspecified atom stereocenters. The van der Waals surface area contributed by atoms with Gasteiger partial charge in [0.25, 0.3) is 0 Å². The Kier molecular flexibility index (Phi) is 3.94. The van der Waals surface area contributed by atoms with Crippen LogP contribution in [0.3, 0.4) is 0 Å². The lowest BCUT2D eigenvalue weighted by atomic mass is 9.94. The van der Waals surface area contributed by atoms with Crippen LogP contribution in [0.25, 0.3) is 0 Å². The number of carbonyl (C=O) groups excluding carboxylic acids is 1. The first-order valence-electron chi connectivity index (χ1n) is 7.50. The average Bonchev–Trinajstić information content (AvgIpc) is 2.92. The smallest absolute Gasteiger partial charge is 0.237 e. The Hall–Kier alpha value is -0.610. The van der Waals surface area contributed by atoms with E-state index in [1.165, 1.54) is 12.8 Å². The van der Waals surface area contributed by atoms with Crippen LogP contribution >= 0.6 is 0 Å². The predicted octanol–water partition coefficient (Wildman–Crippen LogP) is 1.49. The third-order valence-corrected chi connectivity index (χ3v) is 4.36. The van der Waals surface area contributed by atoms with Gasteiger partial charge in [-0.1, -0.05) is 20.8 Å². The molecule has 2 fully saturated rings. The summed E-state index contributed by atoms with van der Waals surface area (Å²) in [6.07, 6.45) is 5.20. The fraction of sp³-hybridized carbons (Fsp3) is 0.933. The Morgan fingerprint density at radius 3 is 2.47 bits per heavy atom. The van der Waals surface area contributed by atoms with Crippen LogP contribution in [0.1, 0.15) is 52.9 Å². The summed E-state index contributed by atoms with van der Waals surface area (Å²) in [6, 6.07) is 0.997. The van der Waals surface area contributed by atoms with Gasteiger partial charge in [-0.2, -0.15) is 0 Å². The molecule has 19 heavy (non-hydrogen) atoms. The molecule has 0 aromatic rings. The number of rotatable bonds is 5. The molecular formula is C15H29N3O. The second kappa shape index (κ2) is 5.06. The molecule has 0 aliphatic heterocycles. The van der Waals surface area contributed by atoms with E-state index < -0.39 is 5.54 Å². The fourth-order valence-electron chi connectivity index (χ4n) is 3.32. The number of nitrogens with one attached hydrogen (secondary N) is 1. The summed E-state index contributed by atoms with van der Waals surface area (Å²) in [5.74, 6) is -0.161. The van der Waals surface area contributed by atoms with Gasteiger partial charge in [0.05, 0.1) is 5.54 Å². The Morgan fingerprint density at radius 2 is 2.00 bits per heavy atom. The van der Waals surface area contributed by atoms with E-state index in [4.69, 9.17) is 5.73 Å². The minimum absolute atomic E-state index is 0.161. The van der Waals surface area contributed by atoms with Gasteiger partial charge in [0.1, 0.15) is 0 Å². The lowest BCUT2D eigenvalue weighted by Gasteiger charge is -2.33. The van der Waals surface area contributed by atoms with Crippen molar-refractivity contribution in [1.82, 2.24) is 10.2 Å². The average molecular weight is 267 g/mol. The van der Waals surface area contributed by atoms with Crippen molar-refractivity contribution in [2.75, 3.05) is 13.6 Å². The molecular weight excluding hydrogens is 238 g/mol. The highest BCUT2D eigenvalue weighted by Gasteiger charge is 2.47. The zero-order valence-electron chi connectivity index (χ0n) is 12.8. The van der Waals surface area contributed by atoms with E-state index in [9.17, 15) is 4.79 Å². The summed E-state index contributed by atoms with van der Waals surface area (Å²) in [6.45, 7) is 7.81. The highest BCUT2D eigenvalue weighted by atomic mass is 16.1. The molecule has 110 valence electrons. The number of carbonyl (C=O) groups is 1. The van der Waals surface area contributed by atoms with Gasteiger partial charge in [-0.3, -0.25) is 4.79 Å². The van der Waals surface area contributed by atoms with Crippen LogP contribution in [0.4, 0.5) is 0 Å². The van der Waals surface area contributed by atoms with Crippen LogP contribution in [0.15, 0.2) is 0 Å². The van der Waals surface area contributed by atoms with Crippen LogP contribution in [0.2, 0.25) is 0 Å². The largest absolute Gasteiger partial charge is 0.368 e. The lowest BCUT2D eigenvalue weighted by Crippen LogP contribution is -2.55. The topological polar surface area (TPSA) is 58.4 Å². The van der Waals surface area contributed by atoms with Crippen LogP contribution in [0.5, 0.6) is 0 Å². The molecule has 2 rings (SSSR count).